The lowest BCUT2D eigenvalue weighted by Crippen LogP contribution is -2.37. The van der Waals surface area contributed by atoms with Crippen molar-refractivity contribution in [3.8, 4) is 0 Å². The van der Waals surface area contributed by atoms with E-state index >= 15 is 0 Å². The number of nitrogens with zero attached hydrogens (tertiary/aromatic N) is 1. The second kappa shape index (κ2) is 5.15. The Morgan fingerprint density at radius 1 is 1.50 bits per heavy atom. The zero-order valence-electron chi connectivity index (χ0n) is 9.98. The molecule has 2 aliphatic rings. The number of amides is 1. The van der Waals surface area contributed by atoms with Crippen LogP contribution in [0.1, 0.15) is 26.2 Å². The summed E-state index contributed by atoms with van der Waals surface area (Å²) in [6.07, 6.45) is 3.30. The number of carbonyl (C=O) groups excluding carboxylic acids is 1. The zero-order chi connectivity index (χ0) is 11.5. The quantitative estimate of drug-likeness (QED) is 0.705. The van der Waals surface area contributed by atoms with Gasteiger partial charge in [0, 0.05) is 13.1 Å². The van der Waals surface area contributed by atoms with Crippen LogP contribution < -0.4 is 5.32 Å². The summed E-state index contributed by atoms with van der Waals surface area (Å²) in [5.41, 5.74) is 0. The number of carbonyl (C=O) groups is 1. The number of hydrogen-bond donors (Lipinski definition) is 2. The van der Waals surface area contributed by atoms with Crippen molar-refractivity contribution in [2.24, 2.45) is 11.8 Å². The lowest BCUT2D eigenvalue weighted by Gasteiger charge is -2.16. The smallest absolute Gasteiger partial charge is 0.234 e. The van der Waals surface area contributed by atoms with Crippen molar-refractivity contribution in [2.75, 3.05) is 26.2 Å². The Balaban J connectivity index is 1.63. The summed E-state index contributed by atoms with van der Waals surface area (Å²) in [5, 5.41) is 12.4. The predicted molar refractivity (Wildman–Crippen MR) is 62.0 cm³/mol. The predicted octanol–water partition coefficient (Wildman–Crippen LogP) is 0.215. The van der Waals surface area contributed by atoms with Crippen molar-refractivity contribution in [1.82, 2.24) is 10.2 Å². The topological polar surface area (TPSA) is 52.6 Å². The third kappa shape index (κ3) is 3.46. The molecular weight excluding hydrogens is 204 g/mol. The Kier molecular flexibility index (Phi) is 3.82. The second-order valence-electron chi connectivity index (χ2n) is 5.27. The molecule has 0 aromatic rings. The van der Waals surface area contributed by atoms with Crippen LogP contribution >= 0.6 is 0 Å². The van der Waals surface area contributed by atoms with Crippen molar-refractivity contribution in [2.45, 2.75) is 32.3 Å². The summed E-state index contributed by atoms with van der Waals surface area (Å²) >= 11 is 0. The molecule has 1 aliphatic carbocycles. The van der Waals surface area contributed by atoms with Gasteiger partial charge in [-0.3, -0.25) is 9.69 Å². The lowest BCUT2D eigenvalue weighted by atomic mass is 10.0. The van der Waals surface area contributed by atoms with Crippen molar-refractivity contribution in [1.29, 1.82) is 0 Å². The number of rotatable bonds is 5. The molecule has 0 aromatic heterocycles. The van der Waals surface area contributed by atoms with Crippen LogP contribution in [0, 0.1) is 11.8 Å². The molecule has 92 valence electrons. The summed E-state index contributed by atoms with van der Waals surface area (Å²) in [5.74, 6) is 1.22. The Labute approximate surface area is 97.0 Å². The van der Waals surface area contributed by atoms with Gasteiger partial charge in [0.05, 0.1) is 12.6 Å². The van der Waals surface area contributed by atoms with Crippen LogP contribution in [-0.4, -0.2) is 48.2 Å². The molecule has 1 aliphatic heterocycles. The fourth-order valence-corrected chi connectivity index (χ4v) is 2.24. The summed E-state index contributed by atoms with van der Waals surface area (Å²) in [4.78, 5) is 13.7. The molecular formula is C12H22N2O2. The van der Waals surface area contributed by atoms with Gasteiger partial charge in [0.25, 0.3) is 0 Å². The summed E-state index contributed by atoms with van der Waals surface area (Å²) < 4.78 is 0. The van der Waals surface area contributed by atoms with E-state index in [2.05, 4.69) is 10.2 Å². The SMILES string of the molecule is CC(O)C1CCN(CC(=O)NCC2CC2)C1. The van der Waals surface area contributed by atoms with Crippen molar-refractivity contribution >= 4 is 5.91 Å². The third-order valence-corrected chi connectivity index (χ3v) is 3.64. The highest BCUT2D eigenvalue weighted by Gasteiger charge is 2.27. The molecule has 16 heavy (non-hydrogen) atoms. The average molecular weight is 226 g/mol. The molecule has 1 saturated carbocycles. The molecule has 2 unspecified atom stereocenters. The van der Waals surface area contributed by atoms with Crippen molar-refractivity contribution in [3.05, 3.63) is 0 Å². The van der Waals surface area contributed by atoms with Gasteiger partial charge < -0.3 is 10.4 Å². The summed E-state index contributed by atoms with van der Waals surface area (Å²) in [7, 11) is 0. The number of nitrogens with one attached hydrogen (secondary N) is 1. The third-order valence-electron chi connectivity index (χ3n) is 3.64. The molecule has 1 heterocycles. The minimum absolute atomic E-state index is 0.137. The van der Waals surface area contributed by atoms with Gasteiger partial charge in [-0.05, 0) is 44.6 Å². The van der Waals surface area contributed by atoms with E-state index in [9.17, 15) is 9.90 Å². The molecule has 2 atom stereocenters. The Morgan fingerprint density at radius 3 is 2.81 bits per heavy atom. The maximum absolute atomic E-state index is 11.6. The molecule has 2 N–H and O–H groups in total. The van der Waals surface area contributed by atoms with E-state index in [1.807, 2.05) is 6.92 Å². The normalized spacial score (nSPS) is 28.0. The molecule has 0 aromatic carbocycles. The maximum atomic E-state index is 11.6. The first-order chi connectivity index (χ1) is 7.65. The zero-order valence-corrected chi connectivity index (χ0v) is 9.98. The standard InChI is InChI=1S/C12H22N2O2/c1-9(15)11-4-5-14(7-11)8-12(16)13-6-10-2-3-10/h9-11,15H,2-8H2,1H3,(H,13,16). The minimum atomic E-state index is -0.250. The number of aliphatic hydroxyl groups excluding tert-OH is 1. The van der Waals surface area contributed by atoms with Crippen LogP contribution in [0.5, 0.6) is 0 Å². The fraction of sp³-hybridized carbons (Fsp3) is 0.917. The minimum Gasteiger partial charge on any atom is -0.393 e. The largest absolute Gasteiger partial charge is 0.393 e. The summed E-state index contributed by atoms with van der Waals surface area (Å²) in [6.45, 7) is 4.98. The molecule has 0 spiro atoms. The highest BCUT2D eigenvalue weighted by atomic mass is 16.3. The van der Waals surface area contributed by atoms with Crippen LogP contribution in [0.25, 0.3) is 0 Å². The first kappa shape index (κ1) is 11.9. The maximum Gasteiger partial charge on any atom is 0.234 e. The number of hydrogen-bond acceptors (Lipinski definition) is 3. The van der Waals surface area contributed by atoms with Crippen molar-refractivity contribution < 1.29 is 9.90 Å². The van der Waals surface area contributed by atoms with Gasteiger partial charge in [-0.25, -0.2) is 0 Å². The molecule has 0 bridgehead atoms. The van der Waals surface area contributed by atoms with Gasteiger partial charge in [0.1, 0.15) is 0 Å². The van der Waals surface area contributed by atoms with Crippen LogP contribution in [0.15, 0.2) is 0 Å². The molecule has 2 rings (SSSR count). The van der Waals surface area contributed by atoms with Gasteiger partial charge >= 0.3 is 0 Å². The van der Waals surface area contributed by atoms with Crippen LogP contribution in [0.2, 0.25) is 0 Å². The van der Waals surface area contributed by atoms with Gasteiger partial charge in [-0.2, -0.15) is 0 Å². The Morgan fingerprint density at radius 2 is 2.25 bits per heavy atom. The Hall–Kier alpha value is -0.610. The number of aliphatic hydroxyl groups is 1. The van der Waals surface area contributed by atoms with Gasteiger partial charge in [0.15, 0.2) is 0 Å². The fourth-order valence-electron chi connectivity index (χ4n) is 2.24. The first-order valence-corrected chi connectivity index (χ1v) is 6.32. The van der Waals surface area contributed by atoms with E-state index in [0.717, 1.165) is 32.0 Å². The Bertz CT molecular complexity index is 251. The van der Waals surface area contributed by atoms with Crippen LogP contribution in [-0.2, 0) is 4.79 Å². The molecule has 1 amide bonds. The van der Waals surface area contributed by atoms with E-state index in [4.69, 9.17) is 0 Å². The van der Waals surface area contributed by atoms with E-state index in [0.29, 0.717) is 12.5 Å². The van der Waals surface area contributed by atoms with Crippen LogP contribution in [0.3, 0.4) is 0 Å². The van der Waals surface area contributed by atoms with E-state index in [1.54, 1.807) is 0 Å². The highest BCUT2D eigenvalue weighted by Crippen LogP contribution is 2.27. The first-order valence-electron chi connectivity index (χ1n) is 6.32. The molecule has 4 nitrogen and oxygen atoms in total. The number of likely N-dealkylation sites (tertiary alicyclic amines) is 1. The van der Waals surface area contributed by atoms with E-state index in [1.165, 1.54) is 12.8 Å². The summed E-state index contributed by atoms with van der Waals surface area (Å²) in [6, 6.07) is 0. The molecule has 2 fully saturated rings. The molecule has 4 heteroatoms. The van der Waals surface area contributed by atoms with E-state index in [-0.39, 0.29) is 12.0 Å². The lowest BCUT2D eigenvalue weighted by molar-refractivity contribution is -0.122. The average Bonchev–Trinajstić information content (AvgIpc) is 2.95. The monoisotopic (exact) mass is 226 g/mol. The van der Waals surface area contributed by atoms with Crippen LogP contribution in [0.4, 0.5) is 0 Å². The second-order valence-corrected chi connectivity index (χ2v) is 5.27. The van der Waals surface area contributed by atoms with Crippen molar-refractivity contribution in [3.63, 3.8) is 0 Å². The highest BCUT2D eigenvalue weighted by molar-refractivity contribution is 5.78. The van der Waals surface area contributed by atoms with E-state index < -0.39 is 0 Å². The molecule has 1 saturated heterocycles. The molecule has 0 radical (unpaired) electrons. The van der Waals surface area contributed by atoms with Gasteiger partial charge in [0.2, 0.25) is 5.91 Å². The van der Waals surface area contributed by atoms with Gasteiger partial charge in [-0.15, -0.1) is 0 Å². The van der Waals surface area contributed by atoms with Gasteiger partial charge in [-0.1, -0.05) is 0 Å².